The molecule has 0 saturated carbocycles. The molecule has 0 spiro atoms. The smallest absolute Gasteiger partial charge is 0.251 e. The molecule has 4 heteroatoms. The van der Waals surface area contributed by atoms with E-state index in [0.29, 0.717) is 5.56 Å². The Morgan fingerprint density at radius 2 is 1.45 bits per heavy atom. The molecule has 0 aromatic heterocycles. The van der Waals surface area contributed by atoms with Crippen molar-refractivity contribution in [3.8, 4) is 0 Å². The van der Waals surface area contributed by atoms with Crippen molar-refractivity contribution in [2.45, 2.75) is 40.2 Å². The summed E-state index contributed by atoms with van der Waals surface area (Å²) in [5.41, 5.74) is 0.653. The van der Waals surface area contributed by atoms with Gasteiger partial charge < -0.3 is 5.32 Å². The summed E-state index contributed by atoms with van der Waals surface area (Å²) >= 11 is 0. The predicted molar refractivity (Wildman–Crippen MR) is 77.6 cm³/mol. The number of hydrogen-bond acceptors (Lipinski definition) is 3. The molecule has 0 saturated heterocycles. The van der Waals surface area contributed by atoms with E-state index in [1.165, 1.54) is 13.8 Å². The van der Waals surface area contributed by atoms with Gasteiger partial charge in [-0.3, -0.25) is 14.4 Å². The van der Waals surface area contributed by atoms with Crippen LogP contribution in [-0.2, 0) is 9.59 Å². The Labute approximate surface area is 119 Å². The molecule has 1 aromatic carbocycles. The van der Waals surface area contributed by atoms with Gasteiger partial charge >= 0.3 is 0 Å². The first kappa shape index (κ1) is 16.1. The second-order valence-corrected chi connectivity index (χ2v) is 5.70. The third-order valence-corrected chi connectivity index (χ3v) is 3.28. The van der Waals surface area contributed by atoms with Crippen LogP contribution in [0.5, 0.6) is 0 Å². The molecule has 0 aliphatic heterocycles. The first-order valence-corrected chi connectivity index (χ1v) is 6.55. The Balaban J connectivity index is 2.94. The highest BCUT2D eigenvalue weighted by molar-refractivity contribution is 6.03. The van der Waals surface area contributed by atoms with E-state index in [9.17, 15) is 14.4 Å². The summed E-state index contributed by atoms with van der Waals surface area (Å²) in [5, 5.41) is 2.77. The summed E-state index contributed by atoms with van der Waals surface area (Å²) in [5.74, 6) is -1.61. The molecule has 1 aromatic rings. The molecule has 0 fully saturated rings. The van der Waals surface area contributed by atoms with E-state index in [1.807, 2.05) is 19.1 Å². The van der Waals surface area contributed by atoms with Crippen LogP contribution in [0.2, 0.25) is 0 Å². The van der Waals surface area contributed by atoms with Crippen molar-refractivity contribution in [1.29, 1.82) is 0 Å². The van der Waals surface area contributed by atoms with E-state index in [0.717, 1.165) is 5.56 Å². The van der Waals surface area contributed by atoms with Gasteiger partial charge in [0, 0.05) is 5.56 Å². The Hall–Kier alpha value is -1.97. The maximum Gasteiger partial charge on any atom is 0.251 e. The van der Waals surface area contributed by atoms with Gasteiger partial charge in [0.2, 0.25) is 0 Å². The summed E-state index contributed by atoms with van der Waals surface area (Å²) in [6.45, 7) is 8.05. The van der Waals surface area contributed by atoms with Gasteiger partial charge in [0.25, 0.3) is 5.91 Å². The van der Waals surface area contributed by atoms with E-state index < -0.39 is 11.5 Å². The Kier molecular flexibility index (Phi) is 4.82. The van der Waals surface area contributed by atoms with Crippen LogP contribution in [0.3, 0.4) is 0 Å². The number of benzene rings is 1. The monoisotopic (exact) mass is 275 g/mol. The summed E-state index contributed by atoms with van der Waals surface area (Å²) in [7, 11) is 0. The lowest BCUT2D eigenvalue weighted by atomic mass is 9.81. The van der Waals surface area contributed by atoms with E-state index >= 15 is 0 Å². The second kappa shape index (κ2) is 5.99. The van der Waals surface area contributed by atoms with Crippen LogP contribution in [0.4, 0.5) is 0 Å². The highest BCUT2D eigenvalue weighted by atomic mass is 16.2. The van der Waals surface area contributed by atoms with Crippen molar-refractivity contribution in [3.05, 3.63) is 35.4 Å². The molecule has 0 bridgehead atoms. The largest absolute Gasteiger partial charge is 0.346 e. The highest BCUT2D eigenvalue weighted by Gasteiger charge is 2.37. The van der Waals surface area contributed by atoms with Crippen LogP contribution < -0.4 is 5.32 Å². The number of ketones is 2. The molecule has 0 atom stereocenters. The average molecular weight is 275 g/mol. The molecular formula is C16H21NO3. The Morgan fingerprint density at radius 1 is 1.00 bits per heavy atom. The van der Waals surface area contributed by atoms with E-state index in [2.05, 4.69) is 5.32 Å². The van der Waals surface area contributed by atoms with Crippen LogP contribution in [0.15, 0.2) is 24.3 Å². The molecule has 4 nitrogen and oxygen atoms in total. The molecule has 20 heavy (non-hydrogen) atoms. The number of carbonyl (C=O) groups excluding carboxylic acids is 3. The quantitative estimate of drug-likeness (QED) is 0.839. The van der Waals surface area contributed by atoms with Gasteiger partial charge in [0.1, 0.15) is 11.6 Å². The molecule has 1 rings (SSSR count). The first-order valence-electron chi connectivity index (χ1n) is 6.55. The molecule has 1 amide bonds. The minimum absolute atomic E-state index is 0.244. The molecule has 0 aliphatic carbocycles. The average Bonchev–Trinajstić information content (AvgIpc) is 2.26. The fourth-order valence-electron chi connectivity index (χ4n) is 2.44. The number of rotatable bonds is 5. The van der Waals surface area contributed by atoms with Gasteiger partial charge in [-0.1, -0.05) is 17.7 Å². The summed E-state index contributed by atoms with van der Waals surface area (Å²) in [6.07, 6.45) is 0. The zero-order chi connectivity index (χ0) is 15.5. The molecule has 0 radical (unpaired) electrons. The Morgan fingerprint density at radius 3 is 1.85 bits per heavy atom. The highest BCUT2D eigenvalue weighted by Crippen LogP contribution is 2.20. The Bertz CT molecular complexity index is 515. The first-order chi connectivity index (χ1) is 9.15. The van der Waals surface area contributed by atoms with Gasteiger partial charge in [-0.05, 0) is 46.8 Å². The second-order valence-electron chi connectivity index (χ2n) is 5.70. The van der Waals surface area contributed by atoms with Crippen LogP contribution >= 0.6 is 0 Å². The number of carbonyl (C=O) groups is 3. The normalized spacial score (nSPS) is 11.3. The van der Waals surface area contributed by atoms with Gasteiger partial charge in [0.15, 0.2) is 0 Å². The number of nitrogens with one attached hydrogen (secondary N) is 1. The van der Waals surface area contributed by atoms with Gasteiger partial charge in [0.05, 0.1) is 11.5 Å². The standard InChI is InChI=1S/C16H21NO3/c1-10-6-8-13(9-7-10)15(20)17-16(4,5)14(11(2)18)12(3)19/h6-9,14H,1-5H3,(H,17,20). The molecule has 0 aliphatic rings. The molecular weight excluding hydrogens is 254 g/mol. The zero-order valence-electron chi connectivity index (χ0n) is 12.6. The summed E-state index contributed by atoms with van der Waals surface area (Å²) in [4.78, 5) is 35.4. The van der Waals surface area contributed by atoms with Crippen molar-refractivity contribution in [3.63, 3.8) is 0 Å². The number of Topliss-reactive ketones (excluding diaryl/α,β-unsaturated/α-hetero) is 2. The van der Waals surface area contributed by atoms with Gasteiger partial charge in [-0.2, -0.15) is 0 Å². The van der Waals surface area contributed by atoms with Gasteiger partial charge in [-0.15, -0.1) is 0 Å². The van der Waals surface area contributed by atoms with Crippen LogP contribution in [-0.4, -0.2) is 23.0 Å². The van der Waals surface area contributed by atoms with Crippen LogP contribution in [0, 0.1) is 12.8 Å². The van der Waals surface area contributed by atoms with Crippen molar-refractivity contribution in [1.82, 2.24) is 5.32 Å². The minimum Gasteiger partial charge on any atom is -0.346 e. The molecule has 108 valence electrons. The van der Waals surface area contributed by atoms with Crippen molar-refractivity contribution >= 4 is 17.5 Å². The summed E-state index contributed by atoms with van der Waals surface area (Å²) in [6, 6.07) is 7.12. The zero-order valence-corrected chi connectivity index (χ0v) is 12.6. The predicted octanol–water partition coefficient (Wildman–Crippen LogP) is 2.30. The number of hydrogen-bond donors (Lipinski definition) is 1. The number of amides is 1. The lowest BCUT2D eigenvalue weighted by Crippen LogP contribution is -2.53. The lowest BCUT2D eigenvalue weighted by Gasteiger charge is -2.32. The van der Waals surface area contributed by atoms with Crippen LogP contribution in [0.25, 0.3) is 0 Å². The SMILES string of the molecule is CC(=O)C(C(C)=O)C(C)(C)NC(=O)c1ccc(C)cc1. The maximum atomic E-state index is 12.2. The van der Waals surface area contributed by atoms with Crippen molar-refractivity contribution < 1.29 is 14.4 Å². The third-order valence-electron chi connectivity index (χ3n) is 3.28. The van der Waals surface area contributed by atoms with E-state index in [4.69, 9.17) is 0 Å². The third kappa shape index (κ3) is 3.76. The fourth-order valence-corrected chi connectivity index (χ4v) is 2.44. The van der Waals surface area contributed by atoms with E-state index in [1.54, 1.807) is 26.0 Å². The summed E-state index contributed by atoms with van der Waals surface area (Å²) < 4.78 is 0. The van der Waals surface area contributed by atoms with Gasteiger partial charge in [-0.25, -0.2) is 0 Å². The molecule has 0 heterocycles. The number of aryl methyl sites for hydroxylation is 1. The topological polar surface area (TPSA) is 63.2 Å². The molecule has 0 unspecified atom stereocenters. The van der Waals surface area contributed by atoms with Crippen LogP contribution in [0.1, 0.15) is 43.6 Å². The fraction of sp³-hybridized carbons (Fsp3) is 0.438. The van der Waals surface area contributed by atoms with Crippen molar-refractivity contribution in [2.24, 2.45) is 5.92 Å². The lowest BCUT2D eigenvalue weighted by molar-refractivity contribution is -0.133. The minimum atomic E-state index is -0.917. The van der Waals surface area contributed by atoms with Crippen molar-refractivity contribution in [2.75, 3.05) is 0 Å². The maximum absolute atomic E-state index is 12.2. The van der Waals surface area contributed by atoms with E-state index in [-0.39, 0.29) is 17.5 Å². The molecule has 1 N–H and O–H groups in total.